The quantitative estimate of drug-likeness (QED) is 0.0424. The molecule has 0 spiro atoms. The van der Waals surface area contributed by atoms with Gasteiger partial charge in [-0.05, 0) is 78.3 Å². The number of rotatable bonds is 10. The number of nitrogens with zero attached hydrogens (tertiary/aromatic N) is 4. The number of nitrogen functional groups attached to an aromatic ring is 1. The number of fused-ring (bicyclic) bond motifs is 4. The van der Waals surface area contributed by atoms with Gasteiger partial charge in [-0.2, -0.15) is 31.8 Å². The first kappa shape index (κ1) is 43.5. The highest BCUT2D eigenvalue weighted by atomic mass is 35.5. The number of halogens is 3. The number of hydrogen-bond acceptors (Lipinski definition) is 19. The van der Waals surface area contributed by atoms with Gasteiger partial charge in [-0.3, -0.25) is 14.5 Å². The molecule has 4 aromatic carbocycles. The van der Waals surface area contributed by atoms with Gasteiger partial charge >= 0.3 is 10.1 Å². The Hall–Kier alpha value is -6.16. The first-order chi connectivity index (χ1) is 29.5. The van der Waals surface area contributed by atoms with Gasteiger partial charge in [0.25, 0.3) is 10.1 Å². The van der Waals surface area contributed by atoms with Crippen molar-refractivity contribution in [2.45, 2.75) is 24.5 Å². The van der Waals surface area contributed by atoms with Crippen molar-refractivity contribution in [3.63, 3.8) is 0 Å². The Bertz CT molecular complexity index is 3640. The van der Waals surface area contributed by atoms with E-state index >= 15 is 0 Å². The molecule has 0 radical (unpaired) electrons. The van der Waals surface area contributed by atoms with E-state index < -0.39 is 92.7 Å². The maximum Gasteiger partial charge on any atom is 0.300 e. The molecule has 1 aromatic heterocycles. The molecule has 2 aliphatic heterocycles. The highest BCUT2D eigenvalue weighted by molar-refractivity contribution is 7.94. The summed E-state index contributed by atoms with van der Waals surface area (Å²) in [7, 11) is -18.9. The van der Waals surface area contributed by atoms with Crippen molar-refractivity contribution < 1.29 is 51.9 Å². The summed E-state index contributed by atoms with van der Waals surface area (Å²) < 4.78 is 134. The number of ether oxygens (including phenoxy) is 1. The van der Waals surface area contributed by atoms with Gasteiger partial charge in [-0.15, -0.1) is 0 Å². The van der Waals surface area contributed by atoms with Crippen LogP contribution in [0.1, 0.15) is 0 Å². The second-order valence-corrected chi connectivity index (χ2v) is 20.6. The van der Waals surface area contributed by atoms with E-state index in [1.807, 2.05) is 0 Å². The molecule has 0 atom stereocenters. The van der Waals surface area contributed by atoms with Crippen molar-refractivity contribution in [2.75, 3.05) is 21.7 Å². The zero-order chi connectivity index (χ0) is 45.6. The Labute approximate surface area is 369 Å². The predicted octanol–water partition coefficient (Wildman–Crippen LogP) is 6.72. The minimum Gasteiger partial charge on any atom is -0.450 e. The zero-order valence-electron chi connectivity index (χ0n) is 30.7. The molecule has 3 aliphatic rings. The lowest BCUT2D eigenvalue weighted by molar-refractivity contribution is 0.449. The van der Waals surface area contributed by atoms with E-state index in [9.17, 15) is 42.8 Å². The van der Waals surface area contributed by atoms with Crippen LogP contribution in [0, 0.1) is 5.41 Å². The van der Waals surface area contributed by atoms with Crippen LogP contribution < -0.4 is 31.8 Å². The average molecular weight is 995 g/mol. The van der Waals surface area contributed by atoms with Crippen LogP contribution in [0.3, 0.4) is 0 Å². The molecule has 0 bridgehead atoms. The third kappa shape index (κ3) is 7.82. The summed E-state index contributed by atoms with van der Waals surface area (Å²) >= 11 is 19.4. The number of hydrogen-bond donors (Lipinski definition) is 7. The summed E-state index contributed by atoms with van der Waals surface area (Å²) in [6.45, 7) is 3.29. The van der Waals surface area contributed by atoms with E-state index in [1.165, 1.54) is 42.5 Å². The minimum atomic E-state index is -5.44. The van der Waals surface area contributed by atoms with Crippen LogP contribution in [-0.2, 0) is 39.9 Å². The Morgan fingerprint density at radius 3 is 1.87 bits per heavy atom. The summed E-state index contributed by atoms with van der Waals surface area (Å²) in [5.41, 5.74) is 4.49. The molecule has 8 N–H and O–H groups in total. The van der Waals surface area contributed by atoms with Gasteiger partial charge in [0, 0.05) is 16.8 Å². The van der Waals surface area contributed by atoms with Gasteiger partial charge in [0.2, 0.25) is 27.0 Å². The van der Waals surface area contributed by atoms with Gasteiger partial charge in [0.1, 0.15) is 31.8 Å². The number of benzene rings is 5. The van der Waals surface area contributed by atoms with Gasteiger partial charge in [0.05, 0.1) is 26.5 Å². The molecule has 8 rings (SSSR count). The lowest BCUT2D eigenvalue weighted by Crippen LogP contribution is -2.24. The van der Waals surface area contributed by atoms with Gasteiger partial charge in [-0.1, -0.05) is 29.8 Å². The fourth-order valence-corrected chi connectivity index (χ4v) is 10.5. The molecule has 5 aromatic rings. The molecule has 3 heterocycles. The molecule has 63 heavy (non-hydrogen) atoms. The largest absolute Gasteiger partial charge is 0.450 e. The molecule has 21 nitrogen and oxygen atoms in total. The molecule has 0 saturated heterocycles. The lowest BCUT2D eigenvalue weighted by Gasteiger charge is -2.26. The first-order valence-electron chi connectivity index (χ1n) is 17.0. The molecule has 0 unspecified atom stereocenters. The van der Waals surface area contributed by atoms with Crippen molar-refractivity contribution in [2.24, 2.45) is 0 Å². The Kier molecular flexibility index (Phi) is 10.5. The van der Waals surface area contributed by atoms with E-state index in [0.29, 0.717) is 5.69 Å². The van der Waals surface area contributed by atoms with Crippen LogP contribution in [0.25, 0.3) is 22.6 Å². The standard InChI is InChI=1S/C35H22Cl3N9O12S4/c1-2-60(48,49)16-7-3-14(4-8-16)41-34-45-33(38)46-35(47-34)42-15-5-9-17(10-6-15)61(50,51)21-13-20-28(32(24(21)40)63(55,56)57)59-30-22(36)25-29(23(37)26(30)44-20)58-27-19(43-25)12-11-18(39)31(27)62(52,53)54/h2-13,40,43H,1,39H2,(H,52,53,54)(H,55,56,57)(H2,41,42,45,46,47). The van der Waals surface area contributed by atoms with E-state index in [-0.39, 0.29) is 61.1 Å². The number of aromatic nitrogens is 4. The van der Waals surface area contributed by atoms with Gasteiger partial charge in [-0.25, -0.2) is 21.8 Å². The van der Waals surface area contributed by atoms with Crippen LogP contribution in [0.4, 0.5) is 40.3 Å². The smallest absolute Gasteiger partial charge is 0.300 e. The van der Waals surface area contributed by atoms with Crippen molar-refractivity contribution in [3.8, 4) is 23.0 Å². The monoisotopic (exact) mass is 993 g/mol. The molecule has 1 aliphatic carbocycles. The maximum atomic E-state index is 14.1. The Morgan fingerprint density at radius 1 is 0.746 bits per heavy atom. The fraction of sp³-hybridized carbons (Fsp3) is 0. The summed E-state index contributed by atoms with van der Waals surface area (Å²) in [6, 6.07) is 13.6. The second-order valence-electron chi connectivity index (χ2n) is 13.0. The van der Waals surface area contributed by atoms with Crippen LogP contribution in [0.15, 0.2) is 108 Å². The summed E-state index contributed by atoms with van der Waals surface area (Å²) in [4.78, 5) is 13.0. The predicted molar refractivity (Wildman–Crippen MR) is 227 cm³/mol. The molecule has 324 valence electrons. The van der Waals surface area contributed by atoms with E-state index in [0.717, 1.165) is 29.7 Å². The molecule has 28 heteroatoms. The number of nitrogens with two attached hydrogens (primary N) is 1. The van der Waals surface area contributed by atoms with Crippen molar-refractivity contribution in [3.05, 3.63) is 99.4 Å². The highest BCUT2D eigenvalue weighted by Gasteiger charge is 2.36. The normalized spacial score (nSPS) is 12.8. The minimum absolute atomic E-state index is 0.00678. The number of anilines is 7. The highest BCUT2D eigenvalue weighted by Crippen LogP contribution is 2.55. The summed E-state index contributed by atoms with van der Waals surface area (Å²) in [6.07, 6.45) is 0. The molecular formula is C35H22Cl3N9O12S4. The third-order valence-electron chi connectivity index (χ3n) is 8.98. The SMILES string of the molecule is C=CS(=O)(=O)c1ccc(Nc2nc(Cl)nc(Nc3ccc(S(=O)(=O)c4cc5nc6c(Cl)c7c(c(Cl)c6oc-5c(S(=O)(=O)O)c4=N)Nc4ccc(N)c(S(=O)(=O)O)c4O7)cc3)n2)cc1. The van der Waals surface area contributed by atoms with E-state index in [1.54, 1.807) is 0 Å². The van der Waals surface area contributed by atoms with Crippen LogP contribution >= 0.6 is 34.8 Å². The molecule has 0 amide bonds. The van der Waals surface area contributed by atoms with Crippen molar-refractivity contribution in [1.82, 2.24) is 19.9 Å². The van der Waals surface area contributed by atoms with E-state index in [2.05, 4.69) is 42.5 Å². The van der Waals surface area contributed by atoms with Crippen LogP contribution in [0.2, 0.25) is 15.3 Å². The third-order valence-corrected chi connectivity index (χ3v) is 14.9. The fourth-order valence-electron chi connectivity index (χ4n) is 6.17. The average Bonchev–Trinajstić information content (AvgIpc) is 3.20. The number of sulfone groups is 2. The Morgan fingerprint density at radius 2 is 1.32 bits per heavy atom. The zero-order valence-corrected chi connectivity index (χ0v) is 36.3. The van der Waals surface area contributed by atoms with Gasteiger partial charge < -0.3 is 30.8 Å². The molecule has 0 fully saturated rings. The van der Waals surface area contributed by atoms with Crippen LogP contribution in [0.5, 0.6) is 11.5 Å². The van der Waals surface area contributed by atoms with E-state index in [4.69, 9.17) is 55.1 Å². The Balaban J connectivity index is 1.15. The molecular weight excluding hydrogens is 973 g/mol. The van der Waals surface area contributed by atoms with Gasteiger partial charge in [0.15, 0.2) is 42.5 Å². The maximum absolute atomic E-state index is 14.1. The summed E-state index contributed by atoms with van der Waals surface area (Å²) in [5, 5.41) is 15.8. The topological polar surface area (TPSA) is 337 Å². The van der Waals surface area contributed by atoms with Crippen molar-refractivity contribution >= 4 is 126 Å². The summed E-state index contributed by atoms with van der Waals surface area (Å²) in [5.74, 6) is -1.76. The first-order valence-corrected chi connectivity index (χ1v) is 24.0. The number of nitrogens with one attached hydrogen (secondary N) is 4. The molecule has 0 saturated carbocycles. The lowest BCUT2D eigenvalue weighted by atomic mass is 10.1. The van der Waals surface area contributed by atoms with Crippen molar-refractivity contribution in [1.29, 1.82) is 5.41 Å². The van der Waals surface area contributed by atoms with Crippen LogP contribution in [-0.4, -0.2) is 62.7 Å². The second kappa shape index (κ2) is 15.3.